The van der Waals surface area contributed by atoms with E-state index in [1.54, 1.807) is 17.4 Å². The molecule has 0 aliphatic rings. The quantitative estimate of drug-likeness (QED) is 0.854. The number of benzene rings is 1. The maximum Gasteiger partial charge on any atom is 0.319 e. The second-order valence-electron chi connectivity index (χ2n) is 4.32. The average molecular weight is 295 g/mol. The molecule has 1 atom stereocenters. The molecule has 0 fully saturated rings. The Bertz CT molecular complexity index is 569. The van der Waals surface area contributed by atoms with Gasteiger partial charge in [0.25, 0.3) is 0 Å². The summed E-state index contributed by atoms with van der Waals surface area (Å²) < 4.78 is 0. The Morgan fingerprint density at radius 2 is 2.16 bits per heavy atom. The molecule has 0 spiro atoms. The van der Waals surface area contributed by atoms with E-state index in [4.69, 9.17) is 11.6 Å². The van der Waals surface area contributed by atoms with Crippen molar-refractivity contribution in [1.29, 1.82) is 0 Å². The Balaban J connectivity index is 1.98. The Morgan fingerprint density at radius 3 is 2.79 bits per heavy atom. The van der Waals surface area contributed by atoms with Crippen molar-refractivity contribution in [2.24, 2.45) is 0 Å². The maximum atomic E-state index is 11.9. The predicted molar refractivity (Wildman–Crippen MR) is 81.1 cm³/mol. The van der Waals surface area contributed by atoms with Crippen LogP contribution in [0, 0.1) is 6.92 Å². The van der Waals surface area contributed by atoms with E-state index in [9.17, 15) is 4.79 Å². The molecule has 19 heavy (non-hydrogen) atoms. The van der Waals surface area contributed by atoms with Crippen LogP contribution in [-0.2, 0) is 0 Å². The zero-order chi connectivity index (χ0) is 13.8. The highest BCUT2D eigenvalue weighted by Crippen LogP contribution is 2.23. The molecule has 0 saturated heterocycles. The third-order valence-electron chi connectivity index (χ3n) is 2.69. The van der Waals surface area contributed by atoms with E-state index in [0.29, 0.717) is 10.7 Å². The molecule has 100 valence electrons. The smallest absolute Gasteiger partial charge is 0.319 e. The number of hydrogen-bond acceptors (Lipinski definition) is 2. The fraction of sp³-hybridized carbons (Fsp3) is 0.214. The molecule has 2 aromatic rings. The van der Waals surface area contributed by atoms with Gasteiger partial charge >= 0.3 is 6.03 Å². The van der Waals surface area contributed by atoms with Crippen molar-refractivity contribution >= 4 is 34.7 Å². The van der Waals surface area contributed by atoms with Crippen LogP contribution in [0.25, 0.3) is 0 Å². The monoisotopic (exact) mass is 294 g/mol. The third kappa shape index (κ3) is 3.72. The lowest BCUT2D eigenvalue weighted by molar-refractivity contribution is 0.249. The fourth-order valence-corrected chi connectivity index (χ4v) is 2.70. The fourth-order valence-electron chi connectivity index (χ4n) is 1.69. The summed E-state index contributed by atoms with van der Waals surface area (Å²) in [4.78, 5) is 13.0. The van der Waals surface area contributed by atoms with Crippen molar-refractivity contribution in [1.82, 2.24) is 5.32 Å². The summed E-state index contributed by atoms with van der Waals surface area (Å²) in [6.45, 7) is 3.90. The summed E-state index contributed by atoms with van der Waals surface area (Å²) in [6, 6.07) is 9.20. The van der Waals surface area contributed by atoms with Gasteiger partial charge in [-0.15, -0.1) is 11.3 Å². The summed E-state index contributed by atoms with van der Waals surface area (Å²) in [7, 11) is 0. The largest absolute Gasteiger partial charge is 0.331 e. The van der Waals surface area contributed by atoms with E-state index in [-0.39, 0.29) is 12.1 Å². The molecule has 1 aromatic heterocycles. The first-order valence-corrected chi connectivity index (χ1v) is 7.19. The number of anilines is 1. The number of nitrogens with one attached hydrogen (secondary N) is 2. The maximum absolute atomic E-state index is 11.9. The van der Waals surface area contributed by atoms with Crippen LogP contribution in [0.2, 0.25) is 5.02 Å². The second kappa shape index (κ2) is 6.08. The van der Waals surface area contributed by atoms with E-state index in [1.165, 1.54) is 0 Å². The predicted octanol–water partition coefficient (Wildman–Crippen LogP) is 4.59. The third-order valence-corrected chi connectivity index (χ3v) is 4.06. The van der Waals surface area contributed by atoms with E-state index in [0.717, 1.165) is 10.4 Å². The molecule has 2 amide bonds. The molecule has 3 nitrogen and oxygen atoms in total. The number of urea groups is 1. The first-order chi connectivity index (χ1) is 9.06. The Kier molecular flexibility index (Phi) is 4.45. The minimum absolute atomic E-state index is 0.0239. The van der Waals surface area contributed by atoms with Crippen LogP contribution < -0.4 is 10.6 Å². The molecule has 0 bridgehead atoms. The van der Waals surface area contributed by atoms with Crippen LogP contribution in [0.4, 0.5) is 10.5 Å². The van der Waals surface area contributed by atoms with Crippen molar-refractivity contribution in [2.45, 2.75) is 19.9 Å². The summed E-state index contributed by atoms with van der Waals surface area (Å²) in [6.07, 6.45) is 0. The molecular weight excluding hydrogens is 280 g/mol. The van der Waals surface area contributed by atoms with Gasteiger partial charge in [-0.25, -0.2) is 4.79 Å². The van der Waals surface area contributed by atoms with Gasteiger partial charge in [-0.1, -0.05) is 23.7 Å². The lowest BCUT2D eigenvalue weighted by atomic mass is 10.2. The Hall–Kier alpha value is -1.52. The topological polar surface area (TPSA) is 41.1 Å². The highest BCUT2D eigenvalue weighted by Gasteiger charge is 2.11. The van der Waals surface area contributed by atoms with Crippen LogP contribution in [0.15, 0.2) is 35.7 Å². The van der Waals surface area contributed by atoms with Crippen LogP contribution in [-0.4, -0.2) is 6.03 Å². The van der Waals surface area contributed by atoms with Gasteiger partial charge in [0.15, 0.2) is 0 Å². The number of halogens is 1. The van der Waals surface area contributed by atoms with Crippen molar-refractivity contribution in [3.63, 3.8) is 0 Å². The van der Waals surface area contributed by atoms with Crippen LogP contribution in [0.3, 0.4) is 0 Å². The number of amides is 2. The van der Waals surface area contributed by atoms with Crippen LogP contribution in [0.1, 0.15) is 23.4 Å². The van der Waals surface area contributed by atoms with Gasteiger partial charge in [0.05, 0.1) is 16.8 Å². The van der Waals surface area contributed by atoms with Crippen molar-refractivity contribution in [3.8, 4) is 0 Å². The number of rotatable bonds is 3. The van der Waals surface area contributed by atoms with E-state index >= 15 is 0 Å². The highest BCUT2D eigenvalue weighted by atomic mass is 35.5. The first-order valence-electron chi connectivity index (χ1n) is 5.93. The molecule has 1 heterocycles. The van der Waals surface area contributed by atoms with Gasteiger partial charge in [-0.05, 0) is 43.0 Å². The van der Waals surface area contributed by atoms with Gasteiger partial charge in [0.2, 0.25) is 0 Å². The lowest BCUT2D eigenvalue weighted by Crippen LogP contribution is -2.30. The summed E-state index contributed by atoms with van der Waals surface area (Å²) in [5.74, 6) is 0. The zero-order valence-electron chi connectivity index (χ0n) is 10.7. The second-order valence-corrected chi connectivity index (χ2v) is 5.71. The molecular formula is C14H15ClN2OS. The zero-order valence-corrected chi connectivity index (χ0v) is 12.3. The van der Waals surface area contributed by atoms with Gasteiger partial charge in [0.1, 0.15) is 0 Å². The number of carbonyl (C=O) groups is 1. The molecule has 0 radical (unpaired) electrons. The van der Waals surface area contributed by atoms with Crippen molar-refractivity contribution in [2.75, 3.05) is 5.32 Å². The molecule has 0 aliphatic carbocycles. The lowest BCUT2D eigenvalue weighted by Gasteiger charge is -2.14. The molecule has 0 aliphatic heterocycles. The van der Waals surface area contributed by atoms with E-state index < -0.39 is 0 Å². The van der Waals surface area contributed by atoms with Crippen molar-refractivity contribution < 1.29 is 4.79 Å². The normalized spacial score (nSPS) is 11.9. The molecule has 5 heteroatoms. The highest BCUT2D eigenvalue weighted by molar-refractivity contribution is 7.10. The summed E-state index contributed by atoms with van der Waals surface area (Å²) >= 11 is 7.69. The Morgan fingerprint density at radius 1 is 1.37 bits per heavy atom. The number of aryl methyl sites for hydroxylation is 1. The minimum atomic E-state index is -0.258. The van der Waals surface area contributed by atoms with E-state index in [2.05, 4.69) is 10.6 Å². The molecule has 0 saturated carbocycles. The molecule has 1 aromatic carbocycles. The van der Waals surface area contributed by atoms with E-state index in [1.807, 2.05) is 43.5 Å². The number of carbonyl (C=O) groups excluding carboxylic acids is 1. The standard InChI is InChI=1S/C14H15ClN2OS/c1-9-5-6-12(11(15)8-9)17-14(18)16-10(2)13-4-3-7-19-13/h3-8,10H,1-2H3,(H2,16,17,18). The molecule has 2 N–H and O–H groups in total. The SMILES string of the molecule is Cc1ccc(NC(=O)NC(C)c2cccs2)c(Cl)c1. The minimum Gasteiger partial charge on any atom is -0.331 e. The van der Waals surface area contributed by atoms with Gasteiger partial charge in [-0.2, -0.15) is 0 Å². The van der Waals surface area contributed by atoms with Crippen LogP contribution >= 0.6 is 22.9 Å². The summed E-state index contributed by atoms with van der Waals surface area (Å²) in [5.41, 5.74) is 1.67. The first kappa shape index (κ1) is 13.9. The van der Waals surface area contributed by atoms with Gasteiger partial charge in [0, 0.05) is 4.88 Å². The summed E-state index contributed by atoms with van der Waals surface area (Å²) in [5, 5.41) is 8.16. The molecule has 2 rings (SSSR count). The van der Waals surface area contributed by atoms with Crippen molar-refractivity contribution in [3.05, 3.63) is 51.2 Å². The average Bonchev–Trinajstić information content (AvgIpc) is 2.86. The Labute approximate surface area is 121 Å². The van der Waals surface area contributed by atoms with Gasteiger partial charge < -0.3 is 10.6 Å². The number of hydrogen-bond donors (Lipinski definition) is 2. The molecule has 1 unspecified atom stereocenters. The number of thiophene rings is 1. The van der Waals surface area contributed by atoms with Gasteiger partial charge in [-0.3, -0.25) is 0 Å². The van der Waals surface area contributed by atoms with Crippen LogP contribution in [0.5, 0.6) is 0 Å².